The molecule has 1 N–H and O–H groups in total. The maximum atomic E-state index is 14.6. The first-order valence-electron chi connectivity index (χ1n) is 10.7. The fourth-order valence-corrected chi connectivity index (χ4v) is 5.94. The second-order valence-corrected chi connectivity index (χ2v) is 10.5. The highest BCUT2D eigenvalue weighted by molar-refractivity contribution is 7.88. The molecule has 2 atom stereocenters. The average Bonchev–Trinajstić information content (AvgIpc) is 2.69. The molecule has 1 aromatic rings. The molecule has 0 radical (unpaired) electrons. The molecule has 4 aliphatic rings. The molecule has 3 aliphatic heterocycles. The SMILES string of the molecule is CS(=O)(=O)N[C@H]1CCCN2CCOc3c(F)cc(F)cc3C3CCC(CC3)OC[C@@H]12. The molecule has 3 heterocycles. The topological polar surface area (TPSA) is 67.9 Å². The fourth-order valence-electron chi connectivity index (χ4n) is 5.11. The van der Waals surface area contributed by atoms with Gasteiger partial charge in [0.15, 0.2) is 11.6 Å². The van der Waals surface area contributed by atoms with Gasteiger partial charge in [-0.2, -0.15) is 0 Å². The highest BCUT2D eigenvalue weighted by Crippen LogP contribution is 2.40. The first-order chi connectivity index (χ1) is 14.3. The summed E-state index contributed by atoms with van der Waals surface area (Å²) in [6, 6.07) is 1.95. The summed E-state index contributed by atoms with van der Waals surface area (Å²) in [4.78, 5) is 2.16. The Morgan fingerprint density at radius 2 is 1.87 bits per heavy atom. The van der Waals surface area contributed by atoms with Gasteiger partial charge in [-0.15, -0.1) is 0 Å². The Kier molecular flexibility index (Phi) is 6.62. The molecule has 1 saturated heterocycles. The second-order valence-electron chi connectivity index (χ2n) is 8.70. The van der Waals surface area contributed by atoms with E-state index in [9.17, 15) is 17.2 Å². The van der Waals surface area contributed by atoms with Gasteiger partial charge in [-0.05, 0) is 57.1 Å². The van der Waals surface area contributed by atoms with Gasteiger partial charge in [0.05, 0.1) is 19.0 Å². The van der Waals surface area contributed by atoms with Crippen molar-refractivity contribution in [3.8, 4) is 5.75 Å². The lowest BCUT2D eigenvalue weighted by Crippen LogP contribution is -2.58. The van der Waals surface area contributed by atoms with Crippen molar-refractivity contribution in [3.63, 3.8) is 0 Å². The molecule has 0 unspecified atom stereocenters. The summed E-state index contributed by atoms with van der Waals surface area (Å²) in [5.74, 6) is -1.04. The lowest BCUT2D eigenvalue weighted by atomic mass is 9.82. The zero-order chi connectivity index (χ0) is 21.3. The van der Waals surface area contributed by atoms with Crippen LogP contribution in [0.2, 0.25) is 0 Å². The number of sulfonamides is 1. The number of benzene rings is 1. The molecular formula is C21H30F2N2O4S. The summed E-state index contributed by atoms with van der Waals surface area (Å²) >= 11 is 0. The minimum Gasteiger partial charge on any atom is -0.489 e. The third-order valence-electron chi connectivity index (χ3n) is 6.54. The first kappa shape index (κ1) is 21.9. The molecule has 2 fully saturated rings. The average molecular weight is 445 g/mol. The van der Waals surface area contributed by atoms with Gasteiger partial charge in [0.1, 0.15) is 12.4 Å². The number of nitrogens with one attached hydrogen (secondary N) is 1. The molecule has 6 nitrogen and oxygen atoms in total. The Hall–Kier alpha value is -1.29. The van der Waals surface area contributed by atoms with Gasteiger partial charge < -0.3 is 9.47 Å². The highest BCUT2D eigenvalue weighted by atomic mass is 32.2. The van der Waals surface area contributed by atoms with Crippen molar-refractivity contribution in [1.29, 1.82) is 0 Å². The first-order valence-corrected chi connectivity index (χ1v) is 12.6. The van der Waals surface area contributed by atoms with E-state index in [1.807, 2.05) is 0 Å². The van der Waals surface area contributed by atoms with Crippen molar-refractivity contribution in [2.45, 2.75) is 62.6 Å². The molecule has 0 aromatic heterocycles. The molecule has 2 bridgehead atoms. The number of halogens is 2. The standard InChI is InChI=1S/C21H30F2N2O4S/c1-30(26,27)24-19-3-2-8-25-9-10-28-21-17(11-15(22)12-18(21)23)14-4-6-16(7-5-14)29-13-20(19)25/h11-12,14,16,19-20,24H,2-10,13H2,1H3/t14?,16?,19-,20-/m0/s1. The predicted molar refractivity (Wildman–Crippen MR) is 109 cm³/mol. The van der Waals surface area contributed by atoms with Gasteiger partial charge in [-0.25, -0.2) is 21.9 Å². The Labute approximate surface area is 177 Å². The summed E-state index contributed by atoms with van der Waals surface area (Å²) in [5, 5.41) is 0. The summed E-state index contributed by atoms with van der Waals surface area (Å²) in [5.41, 5.74) is 0.608. The van der Waals surface area contributed by atoms with Crippen LogP contribution in [0.3, 0.4) is 0 Å². The van der Waals surface area contributed by atoms with Crippen LogP contribution in [0.1, 0.15) is 50.0 Å². The van der Waals surface area contributed by atoms with Crippen LogP contribution in [0.25, 0.3) is 0 Å². The van der Waals surface area contributed by atoms with Crippen molar-refractivity contribution in [2.75, 3.05) is 32.6 Å². The van der Waals surface area contributed by atoms with E-state index >= 15 is 0 Å². The van der Waals surface area contributed by atoms with Gasteiger partial charge in [0.2, 0.25) is 10.0 Å². The van der Waals surface area contributed by atoms with Crippen molar-refractivity contribution < 1.29 is 26.7 Å². The van der Waals surface area contributed by atoms with Crippen LogP contribution >= 0.6 is 0 Å². The van der Waals surface area contributed by atoms with E-state index < -0.39 is 21.7 Å². The van der Waals surface area contributed by atoms with Gasteiger partial charge in [0, 0.05) is 30.3 Å². The fraction of sp³-hybridized carbons (Fsp3) is 0.714. The Bertz CT molecular complexity index is 859. The van der Waals surface area contributed by atoms with Crippen LogP contribution in [0.15, 0.2) is 12.1 Å². The predicted octanol–water partition coefficient (Wildman–Crippen LogP) is 2.78. The molecule has 1 aliphatic carbocycles. The van der Waals surface area contributed by atoms with E-state index in [0.717, 1.165) is 51.1 Å². The Morgan fingerprint density at radius 3 is 2.60 bits per heavy atom. The minimum atomic E-state index is -3.34. The van der Waals surface area contributed by atoms with Crippen molar-refractivity contribution in [2.24, 2.45) is 0 Å². The smallest absolute Gasteiger partial charge is 0.209 e. The van der Waals surface area contributed by atoms with Crippen LogP contribution in [0, 0.1) is 11.6 Å². The van der Waals surface area contributed by atoms with Crippen LogP contribution in [-0.2, 0) is 14.8 Å². The number of ether oxygens (including phenoxy) is 2. The molecule has 5 rings (SSSR count). The molecule has 30 heavy (non-hydrogen) atoms. The van der Waals surface area contributed by atoms with E-state index in [1.54, 1.807) is 0 Å². The third kappa shape index (κ3) is 5.12. The van der Waals surface area contributed by atoms with Crippen LogP contribution < -0.4 is 9.46 Å². The van der Waals surface area contributed by atoms with E-state index in [2.05, 4.69) is 9.62 Å². The largest absolute Gasteiger partial charge is 0.489 e. The van der Waals surface area contributed by atoms with E-state index in [1.165, 1.54) is 12.3 Å². The molecule has 1 saturated carbocycles. The molecule has 0 spiro atoms. The zero-order valence-corrected chi connectivity index (χ0v) is 18.1. The lowest BCUT2D eigenvalue weighted by molar-refractivity contribution is -0.0284. The number of fused-ring (bicyclic) bond motifs is 5. The van der Waals surface area contributed by atoms with E-state index in [-0.39, 0.29) is 36.5 Å². The van der Waals surface area contributed by atoms with E-state index in [0.29, 0.717) is 18.7 Å². The van der Waals surface area contributed by atoms with Crippen molar-refractivity contribution in [1.82, 2.24) is 9.62 Å². The number of piperidine rings is 1. The van der Waals surface area contributed by atoms with Crippen LogP contribution in [0.4, 0.5) is 8.78 Å². The number of rotatable bonds is 2. The Morgan fingerprint density at radius 1 is 1.10 bits per heavy atom. The molecule has 9 heteroatoms. The number of hydrogen-bond donors (Lipinski definition) is 1. The number of hydrogen-bond acceptors (Lipinski definition) is 5. The van der Waals surface area contributed by atoms with E-state index in [4.69, 9.17) is 9.47 Å². The summed E-state index contributed by atoms with van der Waals surface area (Å²) < 4.78 is 67.1. The van der Waals surface area contributed by atoms with Crippen LogP contribution in [0.5, 0.6) is 5.75 Å². The van der Waals surface area contributed by atoms with Crippen LogP contribution in [-0.4, -0.2) is 64.1 Å². The van der Waals surface area contributed by atoms with Gasteiger partial charge >= 0.3 is 0 Å². The lowest BCUT2D eigenvalue weighted by Gasteiger charge is -2.41. The maximum absolute atomic E-state index is 14.6. The molecule has 0 amide bonds. The summed E-state index contributed by atoms with van der Waals surface area (Å²) in [6.07, 6.45) is 6.03. The zero-order valence-electron chi connectivity index (χ0n) is 17.3. The summed E-state index contributed by atoms with van der Waals surface area (Å²) in [6.45, 7) is 2.00. The van der Waals surface area contributed by atoms with Gasteiger partial charge in [-0.3, -0.25) is 4.90 Å². The van der Waals surface area contributed by atoms with Gasteiger partial charge in [0.25, 0.3) is 0 Å². The third-order valence-corrected chi connectivity index (χ3v) is 7.27. The molecule has 1 aromatic carbocycles. The maximum Gasteiger partial charge on any atom is 0.209 e. The van der Waals surface area contributed by atoms with Gasteiger partial charge in [-0.1, -0.05) is 0 Å². The Balaban J connectivity index is 1.60. The molecular weight excluding hydrogens is 414 g/mol. The monoisotopic (exact) mass is 444 g/mol. The number of nitrogens with zero attached hydrogens (tertiary/aromatic N) is 1. The molecule has 168 valence electrons. The minimum absolute atomic E-state index is 0.0491. The second kappa shape index (κ2) is 9.06. The normalized spacial score (nSPS) is 30.9. The van der Waals surface area contributed by atoms with Crippen molar-refractivity contribution in [3.05, 3.63) is 29.3 Å². The van der Waals surface area contributed by atoms with Crippen molar-refractivity contribution >= 4 is 10.0 Å². The highest BCUT2D eigenvalue weighted by Gasteiger charge is 2.35. The summed E-state index contributed by atoms with van der Waals surface area (Å²) in [7, 11) is -3.34. The quantitative estimate of drug-likeness (QED) is 0.760.